The molecule has 19 heavy (non-hydrogen) atoms. The predicted octanol–water partition coefficient (Wildman–Crippen LogP) is 1.36. The van der Waals surface area contributed by atoms with Gasteiger partial charge in [0.1, 0.15) is 0 Å². The second-order valence-electron chi connectivity index (χ2n) is 4.80. The summed E-state index contributed by atoms with van der Waals surface area (Å²) in [6, 6.07) is 6.96. The lowest BCUT2D eigenvalue weighted by molar-refractivity contribution is -0.119. The van der Waals surface area contributed by atoms with Crippen molar-refractivity contribution in [2.24, 2.45) is 11.7 Å². The van der Waals surface area contributed by atoms with E-state index < -0.39 is 0 Å². The van der Waals surface area contributed by atoms with Crippen molar-refractivity contribution in [1.82, 2.24) is 5.32 Å². The van der Waals surface area contributed by atoms with Crippen molar-refractivity contribution >= 4 is 17.5 Å². The molecule has 1 atom stereocenters. The van der Waals surface area contributed by atoms with E-state index in [0.29, 0.717) is 11.3 Å². The van der Waals surface area contributed by atoms with E-state index in [1.54, 1.807) is 31.2 Å². The summed E-state index contributed by atoms with van der Waals surface area (Å²) in [7, 11) is 0. The van der Waals surface area contributed by atoms with Crippen molar-refractivity contribution in [2.75, 3.05) is 11.9 Å². The van der Waals surface area contributed by atoms with Gasteiger partial charge in [0.05, 0.1) is 11.3 Å². The van der Waals surface area contributed by atoms with Gasteiger partial charge in [-0.15, -0.1) is 0 Å². The Morgan fingerprint density at radius 2 is 1.84 bits per heavy atom. The molecule has 0 aromatic heterocycles. The van der Waals surface area contributed by atoms with Gasteiger partial charge in [0, 0.05) is 18.5 Å². The summed E-state index contributed by atoms with van der Waals surface area (Å²) in [6.07, 6.45) is 0. The molecule has 0 bridgehead atoms. The third-order valence-electron chi connectivity index (χ3n) is 2.65. The van der Waals surface area contributed by atoms with E-state index in [-0.39, 0.29) is 30.3 Å². The van der Waals surface area contributed by atoms with Crippen molar-refractivity contribution in [3.8, 4) is 0 Å². The van der Waals surface area contributed by atoms with E-state index in [4.69, 9.17) is 5.73 Å². The number of carbonyl (C=O) groups is 2. The molecule has 5 heteroatoms. The second-order valence-corrected chi connectivity index (χ2v) is 4.80. The largest absolute Gasteiger partial charge is 0.350 e. The number of hydrogen-bond donors (Lipinski definition) is 3. The highest BCUT2D eigenvalue weighted by Gasteiger charge is 2.16. The molecule has 1 aromatic rings. The molecule has 1 rings (SSSR count). The van der Waals surface area contributed by atoms with E-state index >= 15 is 0 Å². The number of hydrogen-bond acceptors (Lipinski definition) is 3. The maximum Gasteiger partial charge on any atom is 0.253 e. The molecule has 0 spiro atoms. The van der Waals surface area contributed by atoms with E-state index in [0.717, 1.165) is 0 Å². The maximum absolute atomic E-state index is 12.0. The van der Waals surface area contributed by atoms with Gasteiger partial charge in [-0.25, -0.2) is 0 Å². The van der Waals surface area contributed by atoms with E-state index in [1.165, 1.54) is 0 Å². The van der Waals surface area contributed by atoms with Crippen LogP contribution in [-0.2, 0) is 4.79 Å². The molecule has 5 nitrogen and oxygen atoms in total. The normalized spacial score (nSPS) is 12.1. The molecule has 0 fully saturated rings. The molecular weight excluding hydrogens is 242 g/mol. The molecule has 1 unspecified atom stereocenters. The average molecular weight is 263 g/mol. The summed E-state index contributed by atoms with van der Waals surface area (Å²) < 4.78 is 0. The fraction of sp³-hybridized carbons (Fsp3) is 0.429. The highest BCUT2D eigenvalue weighted by atomic mass is 16.2. The van der Waals surface area contributed by atoms with Gasteiger partial charge in [-0.3, -0.25) is 9.59 Å². The molecule has 2 amide bonds. The molecule has 0 aliphatic heterocycles. The van der Waals surface area contributed by atoms with Crippen molar-refractivity contribution in [1.29, 1.82) is 0 Å². The molecular formula is C14H21N3O2. The summed E-state index contributed by atoms with van der Waals surface area (Å²) in [5, 5.41) is 5.54. The fourth-order valence-electron chi connectivity index (χ4n) is 1.49. The minimum atomic E-state index is -0.291. The topological polar surface area (TPSA) is 84.2 Å². The highest BCUT2D eigenvalue weighted by molar-refractivity contribution is 6.04. The first-order valence-electron chi connectivity index (χ1n) is 6.36. The zero-order chi connectivity index (χ0) is 14.4. The van der Waals surface area contributed by atoms with Crippen LogP contribution in [0.3, 0.4) is 0 Å². The van der Waals surface area contributed by atoms with Crippen LogP contribution < -0.4 is 16.4 Å². The van der Waals surface area contributed by atoms with Crippen LogP contribution in [0.15, 0.2) is 24.3 Å². The Balaban J connectivity index is 2.90. The van der Waals surface area contributed by atoms with Crippen LogP contribution in [0.25, 0.3) is 0 Å². The minimum Gasteiger partial charge on any atom is -0.350 e. The smallest absolute Gasteiger partial charge is 0.253 e. The number of benzene rings is 1. The van der Waals surface area contributed by atoms with Gasteiger partial charge < -0.3 is 16.4 Å². The molecule has 0 saturated carbocycles. The van der Waals surface area contributed by atoms with Crippen molar-refractivity contribution in [3.63, 3.8) is 0 Å². The first-order chi connectivity index (χ1) is 8.95. The quantitative estimate of drug-likeness (QED) is 0.750. The third kappa shape index (κ3) is 4.37. The number of anilines is 1. The average Bonchev–Trinajstić information content (AvgIpc) is 2.37. The first-order valence-corrected chi connectivity index (χ1v) is 6.36. The first kappa shape index (κ1) is 15.2. The number of nitrogens with one attached hydrogen (secondary N) is 2. The lowest BCUT2D eigenvalue weighted by Crippen LogP contribution is -2.32. The molecule has 1 aromatic carbocycles. The van der Waals surface area contributed by atoms with Crippen molar-refractivity contribution in [2.45, 2.75) is 26.8 Å². The summed E-state index contributed by atoms with van der Waals surface area (Å²) >= 11 is 0. The number of para-hydroxylation sites is 1. The zero-order valence-electron chi connectivity index (χ0n) is 11.6. The molecule has 0 aliphatic carbocycles. The monoisotopic (exact) mass is 263 g/mol. The van der Waals surface area contributed by atoms with Crippen LogP contribution in [0.2, 0.25) is 0 Å². The molecule has 0 saturated heterocycles. The molecule has 0 heterocycles. The fourth-order valence-corrected chi connectivity index (χ4v) is 1.49. The van der Waals surface area contributed by atoms with E-state index in [9.17, 15) is 9.59 Å². The highest BCUT2D eigenvalue weighted by Crippen LogP contribution is 2.16. The summed E-state index contributed by atoms with van der Waals surface area (Å²) in [5.74, 6) is -0.681. The van der Waals surface area contributed by atoms with Gasteiger partial charge >= 0.3 is 0 Å². The van der Waals surface area contributed by atoms with Gasteiger partial charge in [0.25, 0.3) is 5.91 Å². The SMILES string of the molecule is CC(C)NC(=O)c1ccccc1NC(=O)C(C)CN. The summed E-state index contributed by atoms with van der Waals surface area (Å²) in [6.45, 7) is 5.78. The Hall–Kier alpha value is -1.88. The van der Waals surface area contributed by atoms with Crippen LogP contribution in [0.1, 0.15) is 31.1 Å². The van der Waals surface area contributed by atoms with Gasteiger partial charge in [-0.05, 0) is 26.0 Å². The number of carbonyl (C=O) groups excluding carboxylic acids is 2. The van der Waals surface area contributed by atoms with E-state index in [2.05, 4.69) is 10.6 Å². The predicted molar refractivity (Wildman–Crippen MR) is 75.9 cm³/mol. The van der Waals surface area contributed by atoms with Gasteiger partial charge in [0.2, 0.25) is 5.91 Å². The Morgan fingerprint density at radius 1 is 1.21 bits per heavy atom. The van der Waals surface area contributed by atoms with Crippen LogP contribution in [0, 0.1) is 5.92 Å². The standard InChI is InChI=1S/C14H21N3O2/c1-9(2)16-14(19)11-6-4-5-7-12(11)17-13(18)10(3)8-15/h4-7,9-10H,8,15H2,1-3H3,(H,16,19)(H,17,18). The molecule has 4 N–H and O–H groups in total. The van der Waals surface area contributed by atoms with Crippen LogP contribution in [0.4, 0.5) is 5.69 Å². The number of nitrogens with two attached hydrogens (primary N) is 1. The minimum absolute atomic E-state index is 0.0409. The zero-order valence-corrected chi connectivity index (χ0v) is 11.6. The number of rotatable bonds is 5. The Morgan fingerprint density at radius 3 is 2.42 bits per heavy atom. The van der Waals surface area contributed by atoms with Crippen molar-refractivity contribution in [3.05, 3.63) is 29.8 Å². The van der Waals surface area contributed by atoms with Gasteiger partial charge in [-0.2, -0.15) is 0 Å². The second kappa shape index (κ2) is 6.89. The molecule has 104 valence electrons. The molecule has 0 radical (unpaired) electrons. The summed E-state index contributed by atoms with van der Waals surface area (Å²) in [4.78, 5) is 23.8. The Bertz CT molecular complexity index is 458. The van der Waals surface area contributed by atoms with Crippen LogP contribution in [-0.4, -0.2) is 24.4 Å². The summed E-state index contributed by atoms with van der Waals surface area (Å²) in [5.41, 5.74) is 6.41. The van der Waals surface area contributed by atoms with E-state index in [1.807, 2.05) is 13.8 Å². The Labute approximate surface area is 113 Å². The lowest BCUT2D eigenvalue weighted by atomic mass is 10.1. The third-order valence-corrected chi connectivity index (χ3v) is 2.65. The maximum atomic E-state index is 12.0. The van der Waals surface area contributed by atoms with Crippen molar-refractivity contribution < 1.29 is 9.59 Å². The van der Waals surface area contributed by atoms with Crippen LogP contribution in [0.5, 0.6) is 0 Å². The van der Waals surface area contributed by atoms with Gasteiger partial charge in [-0.1, -0.05) is 19.1 Å². The molecule has 0 aliphatic rings. The number of amides is 2. The van der Waals surface area contributed by atoms with Gasteiger partial charge in [0.15, 0.2) is 0 Å². The van der Waals surface area contributed by atoms with Crippen LogP contribution >= 0.6 is 0 Å². The Kier molecular flexibility index (Phi) is 5.51. The lowest BCUT2D eigenvalue weighted by Gasteiger charge is -2.14.